The summed E-state index contributed by atoms with van der Waals surface area (Å²) in [4.78, 5) is 37.4. The maximum atomic E-state index is 12.5. The van der Waals surface area contributed by atoms with Gasteiger partial charge in [0, 0.05) is 25.4 Å². The third-order valence-electron chi connectivity index (χ3n) is 6.16. The fourth-order valence-electron chi connectivity index (χ4n) is 4.43. The molecule has 1 aliphatic carbocycles. The summed E-state index contributed by atoms with van der Waals surface area (Å²) < 4.78 is 10.7. The zero-order valence-electron chi connectivity index (χ0n) is 18.5. The summed E-state index contributed by atoms with van der Waals surface area (Å²) in [5.74, 6) is -1.35. The monoisotopic (exact) mass is 452 g/mol. The molecule has 1 saturated heterocycles. The van der Waals surface area contributed by atoms with Crippen LogP contribution in [-0.4, -0.2) is 66.9 Å². The van der Waals surface area contributed by atoms with E-state index in [-0.39, 0.29) is 50.5 Å². The number of nitrogens with zero attached hydrogens (tertiary/aromatic N) is 1. The minimum absolute atomic E-state index is 0.00865. The van der Waals surface area contributed by atoms with E-state index in [0.29, 0.717) is 6.54 Å². The molecule has 1 heterocycles. The van der Waals surface area contributed by atoms with Crippen LogP contribution in [0.4, 0.5) is 4.79 Å². The van der Waals surface area contributed by atoms with E-state index in [1.807, 2.05) is 31.2 Å². The highest BCUT2D eigenvalue weighted by molar-refractivity contribution is 5.80. The molecule has 2 aromatic rings. The Morgan fingerprint density at radius 1 is 1.12 bits per heavy atom. The van der Waals surface area contributed by atoms with Crippen molar-refractivity contribution < 1.29 is 29.0 Å². The van der Waals surface area contributed by atoms with Crippen molar-refractivity contribution >= 4 is 18.0 Å². The number of carboxylic acid groups (broad SMARTS) is 1. The molecule has 4 rings (SSSR count). The molecule has 2 aromatic carbocycles. The van der Waals surface area contributed by atoms with Gasteiger partial charge in [0.25, 0.3) is 0 Å². The maximum absolute atomic E-state index is 12.5. The number of nitrogens with one attached hydrogen (secondary N) is 1. The van der Waals surface area contributed by atoms with Crippen LogP contribution in [0.3, 0.4) is 0 Å². The van der Waals surface area contributed by atoms with Crippen LogP contribution >= 0.6 is 0 Å². The Labute approximate surface area is 192 Å². The lowest BCUT2D eigenvalue weighted by molar-refractivity contribution is -0.159. The predicted octanol–water partition coefficient (Wildman–Crippen LogP) is 2.86. The third kappa shape index (κ3) is 5.17. The molecule has 1 aliphatic heterocycles. The number of hydrogen-bond donors (Lipinski definition) is 2. The first-order chi connectivity index (χ1) is 15.9. The highest BCUT2D eigenvalue weighted by atomic mass is 16.5. The Morgan fingerprint density at radius 2 is 1.76 bits per heavy atom. The number of benzene rings is 2. The fraction of sp³-hybridized carbons (Fsp3) is 0.400. The third-order valence-corrected chi connectivity index (χ3v) is 6.16. The van der Waals surface area contributed by atoms with E-state index in [0.717, 1.165) is 11.1 Å². The largest absolute Gasteiger partial charge is 0.479 e. The number of rotatable bonds is 7. The normalized spacial score (nSPS) is 18.2. The number of morpholine rings is 1. The molecular weight excluding hydrogens is 424 g/mol. The van der Waals surface area contributed by atoms with Crippen molar-refractivity contribution in [1.82, 2.24) is 10.2 Å². The molecule has 2 unspecified atom stereocenters. The molecule has 2 aliphatic rings. The fourth-order valence-corrected chi connectivity index (χ4v) is 4.43. The van der Waals surface area contributed by atoms with E-state index >= 15 is 0 Å². The SMILES string of the molecule is CC(CNC(=O)OCC1c2ccccc2-c2ccccc21)CC(=O)N1CCOC(C(=O)O)C1. The molecule has 33 heavy (non-hydrogen) atoms. The second kappa shape index (κ2) is 10.0. The molecule has 0 spiro atoms. The van der Waals surface area contributed by atoms with Crippen LogP contribution in [0.15, 0.2) is 48.5 Å². The summed E-state index contributed by atoms with van der Waals surface area (Å²) in [5, 5.41) is 11.8. The van der Waals surface area contributed by atoms with Crippen molar-refractivity contribution in [2.75, 3.05) is 32.8 Å². The van der Waals surface area contributed by atoms with Crippen LogP contribution in [0.25, 0.3) is 11.1 Å². The molecule has 2 amide bonds. The van der Waals surface area contributed by atoms with E-state index in [1.165, 1.54) is 16.0 Å². The van der Waals surface area contributed by atoms with Gasteiger partial charge in [-0.25, -0.2) is 9.59 Å². The molecule has 1 fully saturated rings. The van der Waals surface area contributed by atoms with E-state index in [2.05, 4.69) is 29.6 Å². The summed E-state index contributed by atoms with van der Waals surface area (Å²) in [6.07, 6.45) is -1.30. The first-order valence-electron chi connectivity index (χ1n) is 11.1. The Hall–Kier alpha value is -3.39. The predicted molar refractivity (Wildman–Crippen MR) is 121 cm³/mol. The Bertz CT molecular complexity index is 994. The number of hydrogen-bond acceptors (Lipinski definition) is 5. The van der Waals surface area contributed by atoms with E-state index in [1.54, 1.807) is 0 Å². The lowest BCUT2D eigenvalue weighted by atomic mass is 9.98. The van der Waals surface area contributed by atoms with Crippen molar-refractivity contribution in [1.29, 1.82) is 0 Å². The average molecular weight is 453 g/mol. The van der Waals surface area contributed by atoms with Crippen LogP contribution in [0.2, 0.25) is 0 Å². The minimum atomic E-state index is -1.07. The van der Waals surface area contributed by atoms with Crippen LogP contribution in [0, 0.1) is 5.92 Å². The standard InChI is InChI=1S/C25H28N2O6/c1-16(12-23(28)27-10-11-32-22(14-27)24(29)30)13-26-25(31)33-15-21-19-8-4-2-6-17(19)18-7-3-5-9-20(18)21/h2-9,16,21-22H,10-15H2,1H3,(H,26,31)(H,29,30). The lowest BCUT2D eigenvalue weighted by Crippen LogP contribution is -2.49. The van der Waals surface area contributed by atoms with Crippen molar-refractivity contribution in [3.05, 3.63) is 59.7 Å². The van der Waals surface area contributed by atoms with Crippen LogP contribution < -0.4 is 5.32 Å². The number of carbonyl (C=O) groups is 3. The van der Waals surface area contributed by atoms with Gasteiger partial charge in [0.15, 0.2) is 6.10 Å². The summed E-state index contributed by atoms with van der Waals surface area (Å²) in [5.41, 5.74) is 4.64. The van der Waals surface area contributed by atoms with Crippen LogP contribution in [0.1, 0.15) is 30.4 Å². The Kier molecular flexibility index (Phi) is 6.93. The molecule has 8 heteroatoms. The summed E-state index contributed by atoms with van der Waals surface area (Å²) in [6.45, 7) is 2.99. The van der Waals surface area contributed by atoms with Gasteiger partial charge in [-0.2, -0.15) is 0 Å². The summed E-state index contributed by atoms with van der Waals surface area (Å²) in [7, 11) is 0. The van der Waals surface area contributed by atoms with E-state index < -0.39 is 18.2 Å². The van der Waals surface area contributed by atoms with Gasteiger partial charge in [-0.15, -0.1) is 0 Å². The number of amides is 2. The number of ether oxygens (including phenoxy) is 2. The van der Waals surface area contributed by atoms with Gasteiger partial charge in [0.05, 0.1) is 13.2 Å². The number of carbonyl (C=O) groups excluding carboxylic acids is 2. The van der Waals surface area contributed by atoms with Gasteiger partial charge in [-0.3, -0.25) is 4.79 Å². The van der Waals surface area contributed by atoms with Crippen LogP contribution in [-0.2, 0) is 19.1 Å². The molecule has 2 atom stereocenters. The van der Waals surface area contributed by atoms with Gasteiger partial charge in [-0.1, -0.05) is 55.5 Å². The van der Waals surface area contributed by atoms with Crippen molar-refractivity contribution in [2.24, 2.45) is 5.92 Å². The Morgan fingerprint density at radius 3 is 2.39 bits per heavy atom. The van der Waals surface area contributed by atoms with Crippen LogP contribution in [0.5, 0.6) is 0 Å². The smallest absolute Gasteiger partial charge is 0.407 e. The number of fused-ring (bicyclic) bond motifs is 3. The summed E-state index contributed by atoms with van der Waals surface area (Å²) in [6, 6.07) is 16.3. The van der Waals surface area contributed by atoms with Gasteiger partial charge in [0.1, 0.15) is 6.61 Å². The molecule has 0 aromatic heterocycles. The second-order valence-corrected chi connectivity index (χ2v) is 8.55. The highest BCUT2D eigenvalue weighted by Crippen LogP contribution is 2.44. The second-order valence-electron chi connectivity index (χ2n) is 8.55. The number of carboxylic acids is 1. The lowest BCUT2D eigenvalue weighted by Gasteiger charge is -2.31. The molecule has 0 radical (unpaired) electrons. The van der Waals surface area contributed by atoms with Crippen molar-refractivity contribution in [3.63, 3.8) is 0 Å². The number of aliphatic carboxylic acids is 1. The van der Waals surface area contributed by atoms with Gasteiger partial charge in [-0.05, 0) is 28.2 Å². The molecule has 0 saturated carbocycles. The molecule has 174 valence electrons. The molecule has 2 N–H and O–H groups in total. The van der Waals surface area contributed by atoms with Crippen molar-refractivity contribution in [3.8, 4) is 11.1 Å². The van der Waals surface area contributed by atoms with Crippen molar-refractivity contribution in [2.45, 2.75) is 25.4 Å². The average Bonchev–Trinajstić information content (AvgIpc) is 3.15. The van der Waals surface area contributed by atoms with Gasteiger partial charge < -0.3 is 24.8 Å². The maximum Gasteiger partial charge on any atom is 0.407 e. The zero-order valence-corrected chi connectivity index (χ0v) is 18.5. The topological polar surface area (TPSA) is 105 Å². The van der Waals surface area contributed by atoms with E-state index in [4.69, 9.17) is 14.6 Å². The van der Waals surface area contributed by atoms with E-state index in [9.17, 15) is 14.4 Å². The summed E-state index contributed by atoms with van der Waals surface area (Å²) >= 11 is 0. The minimum Gasteiger partial charge on any atom is -0.479 e. The Balaban J connectivity index is 1.25. The highest BCUT2D eigenvalue weighted by Gasteiger charge is 2.30. The number of alkyl carbamates (subject to hydrolysis) is 1. The van der Waals surface area contributed by atoms with Gasteiger partial charge >= 0.3 is 12.1 Å². The first-order valence-corrected chi connectivity index (χ1v) is 11.1. The zero-order chi connectivity index (χ0) is 23.4. The quantitative estimate of drug-likeness (QED) is 0.669. The molecular formula is C25H28N2O6. The van der Waals surface area contributed by atoms with Gasteiger partial charge in [0.2, 0.25) is 5.91 Å². The molecule has 0 bridgehead atoms. The first kappa shape index (κ1) is 22.8. The molecule has 8 nitrogen and oxygen atoms in total.